The predicted octanol–water partition coefficient (Wildman–Crippen LogP) is 2.65. The van der Waals surface area contributed by atoms with Gasteiger partial charge >= 0.3 is 0 Å². The number of aryl methyl sites for hydroxylation is 2. The Kier molecular flexibility index (Phi) is 3.77. The molecule has 0 radical (unpaired) electrons. The van der Waals surface area contributed by atoms with E-state index in [2.05, 4.69) is 12.0 Å². The Hall–Kier alpha value is -1.68. The summed E-state index contributed by atoms with van der Waals surface area (Å²) in [5.41, 5.74) is 9.13. The van der Waals surface area contributed by atoms with Gasteiger partial charge in [0.05, 0.1) is 17.4 Å². The van der Waals surface area contributed by atoms with E-state index in [0.29, 0.717) is 0 Å². The average molecular weight is 247 g/mol. The van der Waals surface area contributed by atoms with Crippen LogP contribution in [0.5, 0.6) is 0 Å². The maximum Gasteiger partial charge on any atom is 0.123 e. The molecule has 1 aromatic heterocycles. The second-order valence-corrected chi connectivity index (χ2v) is 4.26. The van der Waals surface area contributed by atoms with Gasteiger partial charge in [-0.15, -0.1) is 0 Å². The van der Waals surface area contributed by atoms with Crippen molar-refractivity contribution >= 4 is 0 Å². The molecule has 0 aliphatic carbocycles. The van der Waals surface area contributed by atoms with E-state index in [9.17, 15) is 4.39 Å². The number of rotatable bonds is 4. The van der Waals surface area contributed by atoms with Crippen LogP contribution in [0.15, 0.2) is 30.3 Å². The van der Waals surface area contributed by atoms with Crippen molar-refractivity contribution in [3.05, 3.63) is 53.1 Å². The van der Waals surface area contributed by atoms with E-state index in [0.717, 1.165) is 29.9 Å². The first-order chi connectivity index (χ1) is 8.65. The minimum absolute atomic E-state index is 0.246. The van der Waals surface area contributed by atoms with Crippen LogP contribution in [0.1, 0.15) is 36.8 Å². The van der Waals surface area contributed by atoms with Gasteiger partial charge in [-0.05, 0) is 37.1 Å². The van der Waals surface area contributed by atoms with Gasteiger partial charge in [-0.25, -0.2) is 4.39 Å². The molecule has 18 heavy (non-hydrogen) atoms. The first-order valence-corrected chi connectivity index (χ1v) is 6.23. The van der Waals surface area contributed by atoms with Gasteiger partial charge in [0.1, 0.15) is 5.82 Å². The predicted molar refractivity (Wildman–Crippen MR) is 69.7 cm³/mol. The lowest BCUT2D eigenvalue weighted by atomic mass is 10.0. The molecule has 0 saturated heterocycles. The Morgan fingerprint density at radius 3 is 2.50 bits per heavy atom. The number of aromatic nitrogens is 2. The van der Waals surface area contributed by atoms with Gasteiger partial charge in [-0.2, -0.15) is 5.10 Å². The van der Waals surface area contributed by atoms with Crippen molar-refractivity contribution in [2.45, 2.75) is 32.9 Å². The van der Waals surface area contributed by atoms with Gasteiger partial charge in [0.15, 0.2) is 0 Å². The van der Waals surface area contributed by atoms with Gasteiger partial charge in [-0.3, -0.25) is 4.68 Å². The minimum atomic E-state index is -0.265. The van der Waals surface area contributed by atoms with E-state index in [4.69, 9.17) is 5.73 Å². The summed E-state index contributed by atoms with van der Waals surface area (Å²) in [7, 11) is 0. The molecule has 0 aliphatic rings. The fourth-order valence-electron chi connectivity index (χ4n) is 2.00. The molecule has 0 spiro atoms. The summed E-state index contributed by atoms with van der Waals surface area (Å²) in [6.45, 7) is 4.88. The van der Waals surface area contributed by atoms with E-state index in [1.807, 2.05) is 17.7 Å². The van der Waals surface area contributed by atoms with Crippen molar-refractivity contribution < 1.29 is 4.39 Å². The molecule has 3 nitrogen and oxygen atoms in total. The molecule has 4 heteroatoms. The van der Waals surface area contributed by atoms with Gasteiger partial charge in [0.25, 0.3) is 0 Å². The molecule has 1 heterocycles. The number of nitrogens with zero attached hydrogens (tertiary/aromatic N) is 2. The molecule has 1 aromatic carbocycles. The zero-order chi connectivity index (χ0) is 13.1. The highest BCUT2D eigenvalue weighted by molar-refractivity contribution is 5.28. The highest BCUT2D eigenvalue weighted by Gasteiger charge is 2.15. The highest BCUT2D eigenvalue weighted by Crippen LogP contribution is 2.21. The Balaban J connectivity index is 2.35. The molecular weight excluding hydrogens is 229 g/mol. The summed E-state index contributed by atoms with van der Waals surface area (Å²) in [5, 5.41) is 4.47. The first kappa shape index (κ1) is 12.8. The van der Waals surface area contributed by atoms with Gasteiger partial charge in [0.2, 0.25) is 0 Å². The van der Waals surface area contributed by atoms with Crippen LogP contribution < -0.4 is 5.73 Å². The fraction of sp³-hybridized carbons (Fsp3) is 0.357. The topological polar surface area (TPSA) is 43.8 Å². The molecule has 2 rings (SSSR count). The van der Waals surface area contributed by atoms with Crippen molar-refractivity contribution in [3.63, 3.8) is 0 Å². The molecule has 2 aromatic rings. The van der Waals surface area contributed by atoms with E-state index in [1.165, 1.54) is 12.1 Å². The van der Waals surface area contributed by atoms with Crippen LogP contribution in [0.4, 0.5) is 4.39 Å². The standard InChI is InChI=1S/C14H18FN3/c1-3-12-9-13(18(4-2)17-12)14(16)10-5-7-11(15)8-6-10/h5-9,14H,3-4,16H2,1-2H3. The Morgan fingerprint density at radius 1 is 1.28 bits per heavy atom. The van der Waals surface area contributed by atoms with E-state index in [-0.39, 0.29) is 11.9 Å². The van der Waals surface area contributed by atoms with E-state index in [1.54, 1.807) is 12.1 Å². The van der Waals surface area contributed by atoms with Crippen molar-refractivity contribution in [1.82, 2.24) is 9.78 Å². The molecule has 1 atom stereocenters. The molecule has 0 fully saturated rings. The molecule has 0 saturated carbocycles. The van der Waals surface area contributed by atoms with Crippen LogP contribution in [0.2, 0.25) is 0 Å². The number of hydrogen-bond acceptors (Lipinski definition) is 2. The Bertz CT molecular complexity index is 516. The number of nitrogens with two attached hydrogens (primary N) is 1. The van der Waals surface area contributed by atoms with Crippen LogP contribution in [-0.4, -0.2) is 9.78 Å². The van der Waals surface area contributed by atoms with E-state index < -0.39 is 0 Å². The number of hydrogen-bond donors (Lipinski definition) is 1. The summed E-state index contributed by atoms with van der Waals surface area (Å²) in [5.74, 6) is -0.246. The van der Waals surface area contributed by atoms with Crippen molar-refractivity contribution in [3.8, 4) is 0 Å². The molecule has 0 amide bonds. The quantitative estimate of drug-likeness (QED) is 0.902. The van der Waals surface area contributed by atoms with Crippen LogP contribution in [0.25, 0.3) is 0 Å². The zero-order valence-corrected chi connectivity index (χ0v) is 10.7. The molecule has 0 bridgehead atoms. The summed E-state index contributed by atoms with van der Waals surface area (Å²) < 4.78 is 14.8. The van der Waals surface area contributed by atoms with Gasteiger partial charge in [0, 0.05) is 6.54 Å². The minimum Gasteiger partial charge on any atom is -0.319 e. The number of halogens is 1. The molecule has 0 aliphatic heterocycles. The third-order valence-corrected chi connectivity index (χ3v) is 3.07. The normalized spacial score (nSPS) is 12.7. The third kappa shape index (κ3) is 2.43. The van der Waals surface area contributed by atoms with Crippen LogP contribution in [0, 0.1) is 5.82 Å². The first-order valence-electron chi connectivity index (χ1n) is 6.23. The zero-order valence-electron chi connectivity index (χ0n) is 10.7. The van der Waals surface area contributed by atoms with Crippen molar-refractivity contribution in [2.24, 2.45) is 5.73 Å². The highest BCUT2D eigenvalue weighted by atomic mass is 19.1. The molecule has 96 valence electrons. The third-order valence-electron chi connectivity index (χ3n) is 3.07. The van der Waals surface area contributed by atoms with Crippen LogP contribution in [-0.2, 0) is 13.0 Å². The summed E-state index contributed by atoms with van der Waals surface area (Å²) >= 11 is 0. The lowest BCUT2D eigenvalue weighted by molar-refractivity contribution is 0.593. The lowest BCUT2D eigenvalue weighted by Gasteiger charge is -2.13. The summed E-state index contributed by atoms with van der Waals surface area (Å²) in [6, 6.07) is 8.07. The maximum atomic E-state index is 12.9. The Morgan fingerprint density at radius 2 is 1.94 bits per heavy atom. The van der Waals surface area contributed by atoms with Crippen LogP contribution >= 0.6 is 0 Å². The molecule has 2 N–H and O–H groups in total. The van der Waals surface area contributed by atoms with Gasteiger partial charge in [-0.1, -0.05) is 19.1 Å². The average Bonchev–Trinajstić information content (AvgIpc) is 2.82. The molecular formula is C14H18FN3. The Labute approximate surface area is 106 Å². The second-order valence-electron chi connectivity index (χ2n) is 4.26. The van der Waals surface area contributed by atoms with Crippen molar-refractivity contribution in [2.75, 3.05) is 0 Å². The number of benzene rings is 1. The van der Waals surface area contributed by atoms with Crippen molar-refractivity contribution in [1.29, 1.82) is 0 Å². The molecule has 1 unspecified atom stereocenters. The largest absolute Gasteiger partial charge is 0.319 e. The maximum absolute atomic E-state index is 12.9. The van der Waals surface area contributed by atoms with Gasteiger partial charge < -0.3 is 5.73 Å². The fourth-order valence-corrected chi connectivity index (χ4v) is 2.00. The monoisotopic (exact) mass is 247 g/mol. The second kappa shape index (κ2) is 5.31. The van der Waals surface area contributed by atoms with Crippen LogP contribution in [0.3, 0.4) is 0 Å². The lowest BCUT2D eigenvalue weighted by Crippen LogP contribution is -2.17. The summed E-state index contributed by atoms with van der Waals surface area (Å²) in [4.78, 5) is 0. The smallest absolute Gasteiger partial charge is 0.123 e. The SMILES string of the molecule is CCc1cc(C(N)c2ccc(F)cc2)n(CC)n1. The summed E-state index contributed by atoms with van der Waals surface area (Å²) in [6.07, 6.45) is 0.885. The van der Waals surface area contributed by atoms with E-state index >= 15 is 0 Å².